The summed E-state index contributed by atoms with van der Waals surface area (Å²) in [5, 5.41) is 15.2. The molecule has 0 fully saturated rings. The molecule has 4 N–H and O–H groups in total. The normalized spacial score (nSPS) is 9.15. The molecule has 0 saturated carbocycles. The molecule has 20 heavy (non-hydrogen) atoms. The maximum atomic E-state index is 11.5. The van der Waals surface area contributed by atoms with Crippen LogP contribution in [0.15, 0.2) is 24.3 Å². The van der Waals surface area contributed by atoms with Gasteiger partial charge in [-0.3, -0.25) is 9.59 Å². The molecule has 0 heterocycles. The van der Waals surface area contributed by atoms with Crippen LogP contribution in [-0.2, 0) is 9.59 Å². The zero-order valence-corrected chi connectivity index (χ0v) is 10.5. The number of carbonyl (C=O) groups excluding carboxylic acids is 2. The first-order valence-corrected chi connectivity index (χ1v) is 5.61. The lowest BCUT2D eigenvalue weighted by atomic mass is 10.2. The van der Waals surface area contributed by atoms with Crippen molar-refractivity contribution >= 4 is 23.6 Å². The fourth-order valence-corrected chi connectivity index (χ4v) is 1.26. The SMILES string of the molecule is C#Cc1cccc(NC(=O)NCC(=O)NCC(=O)O)c1. The van der Waals surface area contributed by atoms with Crippen LogP contribution in [0.2, 0.25) is 0 Å². The Morgan fingerprint density at radius 1 is 1.20 bits per heavy atom. The summed E-state index contributed by atoms with van der Waals surface area (Å²) in [6, 6.07) is 6.05. The molecular formula is C13H13N3O4. The number of amides is 3. The van der Waals surface area contributed by atoms with Gasteiger partial charge in [-0.2, -0.15) is 0 Å². The summed E-state index contributed by atoms with van der Waals surface area (Å²) in [6.45, 7) is -0.819. The van der Waals surface area contributed by atoms with Crippen LogP contribution in [-0.4, -0.2) is 36.1 Å². The average molecular weight is 275 g/mol. The van der Waals surface area contributed by atoms with E-state index in [1.54, 1.807) is 24.3 Å². The lowest BCUT2D eigenvalue weighted by molar-refractivity contribution is -0.137. The highest BCUT2D eigenvalue weighted by molar-refractivity contribution is 5.92. The van der Waals surface area contributed by atoms with E-state index in [0.717, 1.165) is 0 Å². The van der Waals surface area contributed by atoms with Gasteiger partial charge in [0, 0.05) is 11.3 Å². The van der Waals surface area contributed by atoms with Crippen LogP contribution in [0.1, 0.15) is 5.56 Å². The first-order valence-electron chi connectivity index (χ1n) is 5.61. The Morgan fingerprint density at radius 2 is 1.95 bits per heavy atom. The number of aliphatic carboxylic acids is 1. The Bertz CT molecular complexity index is 563. The summed E-state index contributed by atoms with van der Waals surface area (Å²) in [7, 11) is 0. The fraction of sp³-hybridized carbons (Fsp3) is 0.154. The highest BCUT2D eigenvalue weighted by Crippen LogP contribution is 2.09. The Labute approximate surface area is 115 Å². The molecule has 104 valence electrons. The van der Waals surface area contributed by atoms with Crippen LogP contribution in [0.4, 0.5) is 10.5 Å². The predicted octanol–water partition coefficient (Wildman–Crippen LogP) is -0.00980. The van der Waals surface area contributed by atoms with Crippen molar-refractivity contribution in [3.63, 3.8) is 0 Å². The monoisotopic (exact) mass is 275 g/mol. The standard InChI is InChI=1S/C13H13N3O4/c1-2-9-4-3-5-10(6-9)16-13(20)15-7-11(17)14-8-12(18)19/h1,3-6H,7-8H2,(H,14,17)(H,18,19)(H2,15,16,20). The van der Waals surface area contributed by atoms with E-state index in [-0.39, 0.29) is 6.54 Å². The van der Waals surface area contributed by atoms with Crippen molar-refractivity contribution < 1.29 is 19.5 Å². The number of urea groups is 1. The van der Waals surface area contributed by atoms with Crippen LogP contribution >= 0.6 is 0 Å². The molecule has 0 aliphatic rings. The molecule has 0 aliphatic carbocycles. The van der Waals surface area contributed by atoms with Gasteiger partial charge in [0.25, 0.3) is 0 Å². The largest absolute Gasteiger partial charge is 0.480 e. The van der Waals surface area contributed by atoms with Crippen LogP contribution in [0.25, 0.3) is 0 Å². The van der Waals surface area contributed by atoms with Gasteiger partial charge >= 0.3 is 12.0 Å². The van der Waals surface area contributed by atoms with Gasteiger partial charge in [-0.05, 0) is 18.2 Å². The molecule has 0 bridgehead atoms. The minimum atomic E-state index is -1.16. The Kier molecular flexibility index (Phi) is 5.59. The molecule has 0 saturated heterocycles. The maximum Gasteiger partial charge on any atom is 0.322 e. The number of terminal acetylenes is 1. The molecule has 0 aliphatic heterocycles. The molecule has 0 spiro atoms. The number of hydrogen-bond donors (Lipinski definition) is 4. The predicted molar refractivity (Wildman–Crippen MR) is 72.0 cm³/mol. The third-order valence-electron chi connectivity index (χ3n) is 2.13. The number of carboxylic acids is 1. The van der Waals surface area contributed by atoms with Crippen molar-refractivity contribution in [2.45, 2.75) is 0 Å². The lowest BCUT2D eigenvalue weighted by Crippen LogP contribution is -2.40. The molecule has 1 aromatic carbocycles. The van der Waals surface area contributed by atoms with Crippen LogP contribution < -0.4 is 16.0 Å². The first kappa shape index (κ1) is 15.0. The van der Waals surface area contributed by atoms with Gasteiger partial charge in [0.1, 0.15) is 6.54 Å². The highest BCUT2D eigenvalue weighted by atomic mass is 16.4. The van der Waals surface area contributed by atoms with Crippen molar-refractivity contribution in [2.75, 3.05) is 18.4 Å². The summed E-state index contributed by atoms with van der Waals surface area (Å²) >= 11 is 0. The van der Waals surface area contributed by atoms with Crippen molar-refractivity contribution in [3.8, 4) is 12.3 Å². The fourth-order valence-electron chi connectivity index (χ4n) is 1.26. The summed E-state index contributed by atoms with van der Waals surface area (Å²) in [5.74, 6) is 0.671. The van der Waals surface area contributed by atoms with Crippen molar-refractivity contribution in [1.29, 1.82) is 0 Å². The van der Waals surface area contributed by atoms with E-state index < -0.39 is 24.5 Å². The van der Waals surface area contributed by atoms with Crippen molar-refractivity contribution in [1.82, 2.24) is 10.6 Å². The van der Waals surface area contributed by atoms with Gasteiger partial charge in [0.05, 0.1) is 6.54 Å². The molecule has 1 rings (SSSR count). The number of carboxylic acid groups (broad SMARTS) is 1. The quantitative estimate of drug-likeness (QED) is 0.567. The van der Waals surface area contributed by atoms with E-state index >= 15 is 0 Å². The summed E-state index contributed by atoms with van der Waals surface area (Å²) < 4.78 is 0. The zero-order valence-electron chi connectivity index (χ0n) is 10.5. The molecule has 7 nitrogen and oxygen atoms in total. The molecule has 1 aromatic rings. The minimum absolute atomic E-state index is 0.325. The van der Waals surface area contributed by atoms with Crippen LogP contribution in [0, 0.1) is 12.3 Å². The Hall–Kier alpha value is -3.01. The number of anilines is 1. The number of nitrogens with one attached hydrogen (secondary N) is 3. The van der Waals surface area contributed by atoms with Crippen LogP contribution in [0.3, 0.4) is 0 Å². The average Bonchev–Trinajstić information content (AvgIpc) is 2.43. The molecule has 0 unspecified atom stereocenters. The number of benzene rings is 1. The molecule has 0 aromatic heterocycles. The second-order valence-corrected chi connectivity index (χ2v) is 3.70. The lowest BCUT2D eigenvalue weighted by Gasteiger charge is -2.07. The van der Waals surface area contributed by atoms with Gasteiger partial charge < -0.3 is 21.1 Å². The van der Waals surface area contributed by atoms with E-state index in [1.807, 2.05) is 0 Å². The maximum absolute atomic E-state index is 11.5. The van der Waals surface area contributed by atoms with Gasteiger partial charge in [0.15, 0.2) is 0 Å². The third-order valence-corrected chi connectivity index (χ3v) is 2.13. The summed E-state index contributed by atoms with van der Waals surface area (Å²) in [6.07, 6.45) is 5.23. The van der Waals surface area contributed by atoms with E-state index in [0.29, 0.717) is 11.3 Å². The van der Waals surface area contributed by atoms with Gasteiger partial charge in [0.2, 0.25) is 5.91 Å². The summed E-state index contributed by atoms with van der Waals surface area (Å²) in [5.41, 5.74) is 1.10. The topological polar surface area (TPSA) is 108 Å². The Balaban J connectivity index is 2.38. The molecule has 0 radical (unpaired) electrons. The highest BCUT2D eigenvalue weighted by Gasteiger charge is 2.06. The second-order valence-electron chi connectivity index (χ2n) is 3.70. The van der Waals surface area contributed by atoms with Gasteiger partial charge in [-0.1, -0.05) is 12.0 Å². The number of rotatable bonds is 5. The van der Waals surface area contributed by atoms with Gasteiger partial charge in [-0.15, -0.1) is 6.42 Å². The molecule has 3 amide bonds. The molecular weight excluding hydrogens is 262 g/mol. The van der Waals surface area contributed by atoms with E-state index in [9.17, 15) is 14.4 Å². The number of hydrogen-bond acceptors (Lipinski definition) is 3. The van der Waals surface area contributed by atoms with Gasteiger partial charge in [-0.25, -0.2) is 4.79 Å². The van der Waals surface area contributed by atoms with E-state index in [2.05, 4.69) is 21.9 Å². The minimum Gasteiger partial charge on any atom is -0.480 e. The van der Waals surface area contributed by atoms with Crippen LogP contribution in [0.5, 0.6) is 0 Å². The zero-order chi connectivity index (χ0) is 15.0. The van der Waals surface area contributed by atoms with E-state index in [1.165, 1.54) is 0 Å². The second kappa shape index (κ2) is 7.43. The summed E-state index contributed by atoms with van der Waals surface area (Å²) in [4.78, 5) is 32.9. The first-order chi connectivity index (χ1) is 9.51. The molecule has 7 heteroatoms. The van der Waals surface area contributed by atoms with Crippen molar-refractivity contribution in [2.24, 2.45) is 0 Å². The third kappa shape index (κ3) is 5.55. The smallest absolute Gasteiger partial charge is 0.322 e. The number of carbonyl (C=O) groups is 3. The molecule has 0 atom stereocenters. The Morgan fingerprint density at radius 3 is 2.60 bits per heavy atom. The van der Waals surface area contributed by atoms with Crippen molar-refractivity contribution in [3.05, 3.63) is 29.8 Å². The van der Waals surface area contributed by atoms with E-state index in [4.69, 9.17) is 11.5 Å².